The van der Waals surface area contributed by atoms with Crippen molar-refractivity contribution in [2.45, 2.75) is 56.5 Å². The van der Waals surface area contributed by atoms with E-state index in [1.807, 2.05) is 12.1 Å². The summed E-state index contributed by atoms with van der Waals surface area (Å²) >= 11 is 0. The number of aromatic nitrogens is 6. The minimum atomic E-state index is -0.449. The van der Waals surface area contributed by atoms with Gasteiger partial charge >= 0.3 is 0 Å². The number of anilines is 1. The summed E-state index contributed by atoms with van der Waals surface area (Å²) in [5, 5.41) is 21.7. The predicted octanol–water partition coefficient (Wildman–Crippen LogP) is 3.92. The molecule has 1 aromatic carbocycles. The number of tetrazole rings is 1. The van der Waals surface area contributed by atoms with Gasteiger partial charge in [0.15, 0.2) is 5.82 Å². The molecule has 1 saturated heterocycles. The van der Waals surface area contributed by atoms with Crippen molar-refractivity contribution >= 4 is 17.1 Å². The van der Waals surface area contributed by atoms with E-state index in [-0.39, 0.29) is 23.9 Å². The molecule has 9 nitrogen and oxygen atoms in total. The second-order valence-electron chi connectivity index (χ2n) is 9.60. The number of aromatic amines is 1. The van der Waals surface area contributed by atoms with Crippen molar-refractivity contribution in [1.82, 2.24) is 35.6 Å². The molecule has 6 rings (SSSR count). The number of nitrogens with zero attached hydrogens (tertiary/aromatic N) is 6. The quantitative estimate of drug-likeness (QED) is 0.438. The molecule has 4 aromatic rings. The number of benzene rings is 1. The minimum Gasteiger partial charge on any atom is -0.364 e. The van der Waals surface area contributed by atoms with E-state index in [1.165, 1.54) is 12.1 Å². The molecule has 1 atom stereocenters. The van der Waals surface area contributed by atoms with Crippen LogP contribution in [0, 0.1) is 11.6 Å². The number of rotatable bonds is 5. The van der Waals surface area contributed by atoms with Crippen LogP contribution in [0.25, 0.3) is 5.52 Å². The highest BCUT2D eigenvalue weighted by atomic mass is 19.1. The van der Waals surface area contributed by atoms with Crippen LogP contribution in [0.1, 0.15) is 72.2 Å². The van der Waals surface area contributed by atoms with Gasteiger partial charge in [0.05, 0.1) is 23.3 Å². The average Bonchev–Trinajstić information content (AvgIpc) is 3.66. The van der Waals surface area contributed by atoms with Crippen molar-refractivity contribution in [3.63, 3.8) is 0 Å². The van der Waals surface area contributed by atoms with Crippen LogP contribution in [0.4, 0.5) is 14.5 Å². The number of H-pyrrole nitrogens is 1. The lowest BCUT2D eigenvalue weighted by Gasteiger charge is -2.28. The van der Waals surface area contributed by atoms with Crippen LogP contribution in [0.5, 0.6) is 0 Å². The molecule has 1 amide bonds. The number of carbonyl (C=O) groups excluding carboxylic acids is 1. The fourth-order valence-corrected chi connectivity index (χ4v) is 5.61. The van der Waals surface area contributed by atoms with E-state index < -0.39 is 11.6 Å². The zero-order valence-corrected chi connectivity index (χ0v) is 19.6. The van der Waals surface area contributed by atoms with Crippen LogP contribution in [0.2, 0.25) is 0 Å². The number of fused-ring (bicyclic) bond motifs is 1. The Morgan fingerprint density at radius 2 is 1.94 bits per heavy atom. The number of amides is 1. The maximum Gasteiger partial charge on any atom is 0.255 e. The Balaban J connectivity index is 1.20. The van der Waals surface area contributed by atoms with Crippen LogP contribution in [0.15, 0.2) is 42.7 Å². The molecular weight excluding hydrogens is 466 g/mol. The van der Waals surface area contributed by atoms with Crippen molar-refractivity contribution in [3.8, 4) is 0 Å². The summed E-state index contributed by atoms with van der Waals surface area (Å²) in [6, 6.07) is 7.21. The van der Waals surface area contributed by atoms with Gasteiger partial charge in [0.2, 0.25) is 0 Å². The Kier molecular flexibility index (Phi) is 5.82. The Labute approximate surface area is 205 Å². The molecule has 1 saturated carbocycles. The summed E-state index contributed by atoms with van der Waals surface area (Å²) < 4.78 is 30.1. The number of hydrogen-bond acceptors (Lipinski definition) is 6. The number of halogens is 2. The standard InChI is InChI=1S/C25H26F2N8O/c26-16-5-8-21(27)19(12-16)22-2-1-10-34(22)18-9-11-35-23(13-18)20(14-28-35)25(36)29-17-6-3-15(4-7-17)24-30-32-33-31-24/h5,8-9,11-15,17,22H,1-4,6-7,10H2,(H,29,36)(H,30,31,32,33)/t15-,17-,22-/m1/s1. The highest BCUT2D eigenvalue weighted by Gasteiger charge is 2.30. The smallest absolute Gasteiger partial charge is 0.255 e. The first kappa shape index (κ1) is 22.6. The van der Waals surface area contributed by atoms with Crippen molar-refractivity contribution in [1.29, 1.82) is 0 Å². The molecule has 1 aliphatic heterocycles. The van der Waals surface area contributed by atoms with Gasteiger partial charge in [-0.2, -0.15) is 5.10 Å². The topological polar surface area (TPSA) is 104 Å². The summed E-state index contributed by atoms with van der Waals surface area (Å²) in [5.41, 5.74) is 2.38. The molecule has 36 heavy (non-hydrogen) atoms. The summed E-state index contributed by atoms with van der Waals surface area (Å²) in [5.74, 6) is 0.0569. The zero-order valence-electron chi connectivity index (χ0n) is 19.6. The molecule has 1 aliphatic carbocycles. The first-order valence-electron chi connectivity index (χ1n) is 12.3. The largest absolute Gasteiger partial charge is 0.364 e. The molecule has 0 spiro atoms. The SMILES string of the molecule is O=C(N[C@H]1CC[C@H](c2nnn[nH]2)CC1)c1cnn2ccc(N3CCC[C@@H]3c3cc(F)ccc3F)cc12. The third-order valence-electron chi connectivity index (χ3n) is 7.46. The molecular formula is C25H26F2N8O. The van der Waals surface area contributed by atoms with Gasteiger partial charge in [-0.15, -0.1) is 5.10 Å². The summed E-state index contributed by atoms with van der Waals surface area (Å²) in [6.45, 7) is 0.719. The van der Waals surface area contributed by atoms with E-state index in [0.29, 0.717) is 16.6 Å². The van der Waals surface area contributed by atoms with E-state index in [1.54, 1.807) is 16.9 Å². The van der Waals surface area contributed by atoms with E-state index >= 15 is 0 Å². The molecule has 2 fully saturated rings. The Bertz CT molecular complexity index is 1380. The third-order valence-corrected chi connectivity index (χ3v) is 7.46. The predicted molar refractivity (Wildman–Crippen MR) is 128 cm³/mol. The van der Waals surface area contributed by atoms with Crippen molar-refractivity contribution < 1.29 is 13.6 Å². The van der Waals surface area contributed by atoms with E-state index in [2.05, 4.69) is 35.9 Å². The normalized spacial score (nSPS) is 22.3. The monoisotopic (exact) mass is 492 g/mol. The third kappa shape index (κ3) is 4.18. The number of nitrogens with one attached hydrogen (secondary N) is 2. The van der Waals surface area contributed by atoms with Crippen LogP contribution in [-0.2, 0) is 0 Å². The zero-order chi connectivity index (χ0) is 24.6. The molecule has 4 heterocycles. The van der Waals surface area contributed by atoms with Gasteiger partial charge < -0.3 is 10.2 Å². The van der Waals surface area contributed by atoms with Gasteiger partial charge in [0, 0.05) is 36.0 Å². The summed E-state index contributed by atoms with van der Waals surface area (Å²) in [4.78, 5) is 15.3. The van der Waals surface area contributed by atoms with E-state index in [9.17, 15) is 13.6 Å². The molecule has 2 N–H and O–H groups in total. The van der Waals surface area contributed by atoms with Crippen LogP contribution in [0.3, 0.4) is 0 Å². The highest BCUT2D eigenvalue weighted by Crippen LogP contribution is 2.38. The fraction of sp³-hybridized carbons (Fsp3) is 0.400. The Hall–Kier alpha value is -3.89. The lowest BCUT2D eigenvalue weighted by Crippen LogP contribution is -2.37. The number of pyridine rings is 1. The molecule has 0 bridgehead atoms. The van der Waals surface area contributed by atoms with Gasteiger partial charge in [0.25, 0.3) is 5.91 Å². The first-order chi connectivity index (χ1) is 17.6. The lowest BCUT2D eigenvalue weighted by atomic mass is 9.85. The fourth-order valence-electron chi connectivity index (χ4n) is 5.61. The molecule has 0 radical (unpaired) electrons. The molecule has 3 aromatic heterocycles. The molecule has 0 unspecified atom stereocenters. The number of hydrogen-bond donors (Lipinski definition) is 2. The minimum absolute atomic E-state index is 0.0710. The van der Waals surface area contributed by atoms with Crippen molar-refractivity contribution in [2.75, 3.05) is 11.4 Å². The van der Waals surface area contributed by atoms with E-state index in [4.69, 9.17) is 0 Å². The molecule has 186 valence electrons. The Morgan fingerprint density at radius 3 is 2.75 bits per heavy atom. The highest BCUT2D eigenvalue weighted by molar-refractivity contribution is 6.01. The van der Waals surface area contributed by atoms with Gasteiger partial charge in [-0.3, -0.25) is 4.79 Å². The van der Waals surface area contributed by atoms with E-state index in [0.717, 1.165) is 62.6 Å². The van der Waals surface area contributed by atoms with Crippen molar-refractivity contribution in [2.24, 2.45) is 0 Å². The molecule has 11 heteroatoms. The number of carbonyl (C=O) groups is 1. The molecule has 2 aliphatic rings. The second-order valence-corrected chi connectivity index (χ2v) is 9.60. The first-order valence-corrected chi connectivity index (χ1v) is 12.3. The Morgan fingerprint density at radius 1 is 1.08 bits per heavy atom. The summed E-state index contributed by atoms with van der Waals surface area (Å²) in [6.07, 6.45) is 8.45. The van der Waals surface area contributed by atoms with Gasteiger partial charge in [0.1, 0.15) is 11.6 Å². The van der Waals surface area contributed by atoms with Crippen LogP contribution < -0.4 is 10.2 Å². The summed E-state index contributed by atoms with van der Waals surface area (Å²) in [7, 11) is 0. The second kappa shape index (κ2) is 9.29. The van der Waals surface area contributed by atoms with Gasteiger partial charge in [-0.1, -0.05) is 0 Å². The average molecular weight is 493 g/mol. The van der Waals surface area contributed by atoms with Gasteiger partial charge in [-0.05, 0) is 79.3 Å². The maximum absolute atomic E-state index is 14.5. The van der Waals surface area contributed by atoms with Crippen molar-refractivity contribution in [3.05, 3.63) is 71.3 Å². The van der Waals surface area contributed by atoms with Crippen LogP contribution >= 0.6 is 0 Å². The maximum atomic E-state index is 14.5. The van der Waals surface area contributed by atoms with Crippen LogP contribution in [-0.4, -0.2) is 48.7 Å². The van der Waals surface area contributed by atoms with Gasteiger partial charge in [-0.25, -0.2) is 18.4 Å². The lowest BCUT2D eigenvalue weighted by molar-refractivity contribution is 0.0927.